The van der Waals surface area contributed by atoms with Gasteiger partial charge in [-0.15, -0.1) is 11.8 Å². The van der Waals surface area contributed by atoms with Crippen LogP contribution in [0, 0.1) is 6.92 Å². The molecule has 92 valence electrons. The predicted molar refractivity (Wildman–Crippen MR) is 76.0 cm³/mol. The Morgan fingerprint density at radius 1 is 1.06 bits per heavy atom. The Morgan fingerprint density at radius 2 is 1.78 bits per heavy atom. The fourth-order valence-corrected chi connectivity index (χ4v) is 3.69. The topological polar surface area (TPSA) is 20.2 Å². The third kappa shape index (κ3) is 1.86. The van der Waals surface area contributed by atoms with Crippen molar-refractivity contribution in [1.82, 2.24) is 0 Å². The van der Waals surface area contributed by atoms with Gasteiger partial charge in [0.1, 0.15) is 5.60 Å². The number of benzene rings is 2. The number of fused-ring (bicyclic) bond motifs is 1. The van der Waals surface area contributed by atoms with Gasteiger partial charge in [0.2, 0.25) is 0 Å². The maximum Gasteiger partial charge on any atom is 0.116 e. The lowest BCUT2D eigenvalue weighted by Gasteiger charge is -2.34. The van der Waals surface area contributed by atoms with Crippen molar-refractivity contribution >= 4 is 11.8 Å². The standard InChI is InChI=1S/C16H16OS/c1-12-6-8-13(9-7-12)16(17)10-11-18-15-5-3-2-4-14(15)16/h2-9,17H,10-11H2,1H3. The van der Waals surface area contributed by atoms with Crippen LogP contribution in [0.25, 0.3) is 0 Å². The van der Waals surface area contributed by atoms with E-state index in [0.29, 0.717) is 0 Å². The summed E-state index contributed by atoms with van der Waals surface area (Å²) in [7, 11) is 0. The first-order chi connectivity index (χ1) is 8.70. The van der Waals surface area contributed by atoms with Crippen molar-refractivity contribution < 1.29 is 5.11 Å². The Hall–Kier alpha value is -1.25. The van der Waals surface area contributed by atoms with Crippen LogP contribution in [-0.2, 0) is 5.60 Å². The summed E-state index contributed by atoms with van der Waals surface area (Å²) < 4.78 is 0. The minimum absolute atomic E-state index is 0.776. The van der Waals surface area contributed by atoms with Gasteiger partial charge in [-0.3, -0.25) is 0 Å². The SMILES string of the molecule is Cc1ccc(C2(O)CCSc3ccccc32)cc1. The van der Waals surface area contributed by atoms with Gasteiger partial charge in [-0.05, 0) is 25.0 Å². The lowest BCUT2D eigenvalue weighted by atomic mass is 9.83. The van der Waals surface area contributed by atoms with Gasteiger partial charge in [-0.2, -0.15) is 0 Å². The Balaban J connectivity index is 2.13. The maximum absolute atomic E-state index is 11.1. The van der Waals surface area contributed by atoms with Gasteiger partial charge in [-0.25, -0.2) is 0 Å². The van der Waals surface area contributed by atoms with E-state index in [4.69, 9.17) is 0 Å². The third-order valence-corrected chi connectivity index (χ3v) is 4.66. The van der Waals surface area contributed by atoms with Gasteiger partial charge < -0.3 is 5.11 Å². The van der Waals surface area contributed by atoms with Gasteiger partial charge in [0.15, 0.2) is 0 Å². The summed E-state index contributed by atoms with van der Waals surface area (Å²) in [6.07, 6.45) is 0.776. The molecule has 0 aromatic heterocycles. The highest BCUT2D eigenvalue weighted by atomic mass is 32.2. The van der Waals surface area contributed by atoms with E-state index in [2.05, 4.69) is 25.1 Å². The van der Waals surface area contributed by atoms with E-state index in [-0.39, 0.29) is 0 Å². The van der Waals surface area contributed by atoms with E-state index >= 15 is 0 Å². The molecule has 3 rings (SSSR count). The van der Waals surface area contributed by atoms with Crippen LogP contribution in [0.5, 0.6) is 0 Å². The fraction of sp³-hybridized carbons (Fsp3) is 0.250. The van der Waals surface area contributed by atoms with E-state index < -0.39 is 5.60 Å². The lowest BCUT2D eigenvalue weighted by Crippen LogP contribution is -2.31. The lowest BCUT2D eigenvalue weighted by molar-refractivity contribution is 0.0731. The van der Waals surface area contributed by atoms with Crippen molar-refractivity contribution in [1.29, 1.82) is 0 Å². The highest BCUT2D eigenvalue weighted by molar-refractivity contribution is 7.99. The van der Waals surface area contributed by atoms with Crippen LogP contribution in [0.1, 0.15) is 23.1 Å². The van der Waals surface area contributed by atoms with Crippen molar-refractivity contribution in [3.8, 4) is 0 Å². The fourth-order valence-electron chi connectivity index (χ4n) is 2.51. The van der Waals surface area contributed by atoms with E-state index in [0.717, 1.165) is 23.3 Å². The van der Waals surface area contributed by atoms with E-state index in [1.807, 2.05) is 42.1 Å². The molecule has 2 aromatic rings. The minimum atomic E-state index is -0.824. The summed E-state index contributed by atoms with van der Waals surface area (Å²) in [5, 5.41) is 11.1. The third-order valence-electron chi connectivity index (χ3n) is 3.58. The predicted octanol–water partition coefficient (Wildman–Crippen LogP) is 3.73. The van der Waals surface area contributed by atoms with E-state index in [9.17, 15) is 5.11 Å². The van der Waals surface area contributed by atoms with Gasteiger partial charge >= 0.3 is 0 Å². The monoisotopic (exact) mass is 256 g/mol. The number of aliphatic hydroxyl groups is 1. The normalized spacial score (nSPS) is 22.6. The van der Waals surface area contributed by atoms with Gasteiger partial charge in [0, 0.05) is 16.2 Å². The van der Waals surface area contributed by atoms with Gasteiger partial charge in [-0.1, -0.05) is 48.0 Å². The van der Waals surface area contributed by atoms with Crippen LogP contribution in [0.4, 0.5) is 0 Å². The zero-order valence-electron chi connectivity index (χ0n) is 10.4. The van der Waals surface area contributed by atoms with Crippen LogP contribution in [0.3, 0.4) is 0 Å². The molecule has 0 spiro atoms. The van der Waals surface area contributed by atoms with Crippen molar-refractivity contribution in [3.63, 3.8) is 0 Å². The molecule has 0 fully saturated rings. The van der Waals surface area contributed by atoms with Crippen LogP contribution in [0.2, 0.25) is 0 Å². The first-order valence-electron chi connectivity index (χ1n) is 6.22. The molecule has 0 saturated carbocycles. The zero-order chi connectivity index (χ0) is 12.6. The van der Waals surface area contributed by atoms with E-state index in [1.54, 1.807) is 0 Å². The molecule has 1 atom stereocenters. The number of hydrogen-bond acceptors (Lipinski definition) is 2. The van der Waals surface area contributed by atoms with Crippen molar-refractivity contribution in [2.24, 2.45) is 0 Å². The second-order valence-corrected chi connectivity index (χ2v) is 5.96. The molecule has 1 aliphatic heterocycles. The average molecular weight is 256 g/mol. The quantitative estimate of drug-likeness (QED) is 0.839. The summed E-state index contributed by atoms with van der Waals surface area (Å²) in [6.45, 7) is 2.07. The largest absolute Gasteiger partial charge is 0.380 e. The Labute approximate surface area is 112 Å². The molecule has 0 aliphatic carbocycles. The second kappa shape index (κ2) is 4.45. The van der Waals surface area contributed by atoms with Crippen LogP contribution in [0.15, 0.2) is 53.4 Å². The second-order valence-electron chi connectivity index (χ2n) is 4.82. The molecule has 1 heterocycles. The Morgan fingerprint density at radius 3 is 2.56 bits per heavy atom. The summed E-state index contributed by atoms with van der Waals surface area (Å²) in [5.74, 6) is 0.960. The molecule has 0 amide bonds. The Kier molecular flexibility index (Phi) is 2.92. The molecule has 1 unspecified atom stereocenters. The summed E-state index contributed by atoms with van der Waals surface area (Å²) in [4.78, 5) is 1.20. The van der Waals surface area contributed by atoms with E-state index in [1.165, 1.54) is 10.5 Å². The number of rotatable bonds is 1. The first kappa shape index (κ1) is 11.8. The number of thioether (sulfide) groups is 1. The molecular formula is C16H16OS. The van der Waals surface area contributed by atoms with Crippen LogP contribution >= 0.6 is 11.8 Å². The molecule has 2 aromatic carbocycles. The van der Waals surface area contributed by atoms with Crippen molar-refractivity contribution in [2.75, 3.05) is 5.75 Å². The number of hydrogen-bond donors (Lipinski definition) is 1. The molecule has 0 bridgehead atoms. The maximum atomic E-state index is 11.1. The van der Waals surface area contributed by atoms with Crippen LogP contribution < -0.4 is 0 Å². The molecule has 18 heavy (non-hydrogen) atoms. The molecule has 1 N–H and O–H groups in total. The van der Waals surface area contributed by atoms with Gasteiger partial charge in [0.25, 0.3) is 0 Å². The van der Waals surface area contributed by atoms with Gasteiger partial charge in [0.05, 0.1) is 0 Å². The van der Waals surface area contributed by atoms with Crippen molar-refractivity contribution in [2.45, 2.75) is 23.8 Å². The highest BCUT2D eigenvalue weighted by Gasteiger charge is 2.36. The molecule has 0 saturated heterocycles. The van der Waals surface area contributed by atoms with Crippen LogP contribution in [-0.4, -0.2) is 10.9 Å². The zero-order valence-corrected chi connectivity index (χ0v) is 11.2. The smallest absolute Gasteiger partial charge is 0.116 e. The minimum Gasteiger partial charge on any atom is -0.380 e. The molecule has 1 nitrogen and oxygen atoms in total. The number of aryl methyl sites for hydroxylation is 1. The summed E-state index contributed by atoms with van der Waals surface area (Å²) in [6, 6.07) is 16.4. The van der Waals surface area contributed by atoms with Crippen molar-refractivity contribution in [3.05, 3.63) is 65.2 Å². The Bertz CT molecular complexity index is 562. The molecular weight excluding hydrogens is 240 g/mol. The molecule has 2 heteroatoms. The highest BCUT2D eigenvalue weighted by Crippen LogP contribution is 2.43. The summed E-state index contributed by atoms with van der Waals surface area (Å²) in [5.41, 5.74) is 2.45. The average Bonchev–Trinajstić information content (AvgIpc) is 2.40. The summed E-state index contributed by atoms with van der Waals surface area (Å²) >= 11 is 1.83. The molecule has 0 radical (unpaired) electrons. The first-order valence-corrected chi connectivity index (χ1v) is 7.20. The molecule has 1 aliphatic rings.